The van der Waals surface area contributed by atoms with Crippen molar-refractivity contribution in [2.75, 3.05) is 13.1 Å². The second kappa shape index (κ2) is 7.57. The molecule has 0 saturated carbocycles. The number of rotatable bonds is 5. The lowest BCUT2D eigenvalue weighted by atomic mass is 10.0. The highest BCUT2D eigenvalue weighted by molar-refractivity contribution is 5.93. The second-order valence-corrected chi connectivity index (χ2v) is 6.71. The minimum absolute atomic E-state index is 0.0323. The first kappa shape index (κ1) is 16.6. The molecule has 2 aromatic rings. The van der Waals surface area contributed by atoms with E-state index >= 15 is 0 Å². The summed E-state index contributed by atoms with van der Waals surface area (Å²) < 4.78 is 1.81. The molecule has 0 radical (unpaired) electrons. The fraction of sp³-hybridized carbons (Fsp3) is 0.500. The third kappa shape index (κ3) is 4.20. The number of piperidine rings is 1. The van der Waals surface area contributed by atoms with Gasteiger partial charge >= 0.3 is 0 Å². The van der Waals surface area contributed by atoms with Crippen LogP contribution in [0.15, 0.2) is 36.9 Å². The Hall–Kier alpha value is -2.21. The molecule has 1 unspecified atom stereocenters. The average Bonchev–Trinajstić information content (AvgIpc) is 3.06. The molecule has 1 atom stereocenters. The van der Waals surface area contributed by atoms with Gasteiger partial charge in [-0.1, -0.05) is 6.07 Å². The SMILES string of the molecule is CC(C)n1cc(C(=O)NC2CCCN(Cc3cccnc3)C2)cn1. The Balaban J connectivity index is 1.55. The van der Waals surface area contributed by atoms with Crippen molar-refractivity contribution in [3.8, 4) is 0 Å². The van der Waals surface area contributed by atoms with Crippen molar-refractivity contribution in [3.63, 3.8) is 0 Å². The molecule has 0 aliphatic carbocycles. The molecule has 0 bridgehead atoms. The number of nitrogens with one attached hydrogen (secondary N) is 1. The van der Waals surface area contributed by atoms with Crippen LogP contribution in [0, 0.1) is 0 Å². The van der Waals surface area contributed by atoms with Crippen molar-refractivity contribution in [1.82, 2.24) is 25.0 Å². The summed E-state index contributed by atoms with van der Waals surface area (Å²) in [4.78, 5) is 19.0. The Morgan fingerprint density at radius 2 is 2.29 bits per heavy atom. The smallest absolute Gasteiger partial charge is 0.254 e. The molecule has 24 heavy (non-hydrogen) atoms. The molecular weight excluding hydrogens is 302 g/mol. The number of carbonyl (C=O) groups is 1. The number of hydrogen-bond donors (Lipinski definition) is 1. The number of carbonyl (C=O) groups excluding carboxylic acids is 1. The molecule has 1 fully saturated rings. The van der Waals surface area contributed by atoms with E-state index in [9.17, 15) is 4.79 Å². The van der Waals surface area contributed by atoms with Crippen LogP contribution in [0.3, 0.4) is 0 Å². The molecule has 1 aliphatic rings. The van der Waals surface area contributed by atoms with Crippen molar-refractivity contribution in [2.45, 2.75) is 45.3 Å². The maximum atomic E-state index is 12.4. The minimum Gasteiger partial charge on any atom is -0.348 e. The largest absolute Gasteiger partial charge is 0.348 e. The lowest BCUT2D eigenvalue weighted by Gasteiger charge is -2.33. The van der Waals surface area contributed by atoms with Crippen LogP contribution in [-0.2, 0) is 6.54 Å². The van der Waals surface area contributed by atoms with Crippen molar-refractivity contribution in [1.29, 1.82) is 0 Å². The monoisotopic (exact) mass is 327 g/mol. The molecule has 1 saturated heterocycles. The fourth-order valence-electron chi connectivity index (χ4n) is 3.07. The minimum atomic E-state index is -0.0323. The number of aromatic nitrogens is 3. The zero-order chi connectivity index (χ0) is 16.9. The summed E-state index contributed by atoms with van der Waals surface area (Å²) in [6.07, 6.45) is 9.27. The summed E-state index contributed by atoms with van der Waals surface area (Å²) in [5, 5.41) is 7.39. The Bertz CT molecular complexity index is 667. The second-order valence-electron chi connectivity index (χ2n) is 6.71. The van der Waals surface area contributed by atoms with Crippen LogP contribution >= 0.6 is 0 Å². The number of hydrogen-bond acceptors (Lipinski definition) is 4. The molecule has 1 aliphatic heterocycles. The van der Waals surface area contributed by atoms with E-state index in [1.165, 1.54) is 5.56 Å². The molecule has 3 heterocycles. The van der Waals surface area contributed by atoms with Gasteiger partial charge < -0.3 is 5.32 Å². The lowest BCUT2D eigenvalue weighted by Crippen LogP contribution is -2.47. The van der Waals surface area contributed by atoms with E-state index in [1.807, 2.05) is 37.0 Å². The van der Waals surface area contributed by atoms with E-state index in [2.05, 4.69) is 26.4 Å². The third-order valence-electron chi connectivity index (χ3n) is 4.36. The highest BCUT2D eigenvalue weighted by Crippen LogP contribution is 2.14. The molecule has 0 spiro atoms. The summed E-state index contributed by atoms with van der Waals surface area (Å²) in [7, 11) is 0. The van der Waals surface area contributed by atoms with Crippen LogP contribution in [0.1, 0.15) is 48.7 Å². The van der Waals surface area contributed by atoms with Gasteiger partial charge in [-0.15, -0.1) is 0 Å². The Labute approximate surface area is 142 Å². The van der Waals surface area contributed by atoms with Crippen LogP contribution in [-0.4, -0.2) is 44.7 Å². The average molecular weight is 327 g/mol. The van der Waals surface area contributed by atoms with Gasteiger partial charge in [0.25, 0.3) is 5.91 Å². The van der Waals surface area contributed by atoms with E-state index in [0.717, 1.165) is 32.5 Å². The zero-order valence-corrected chi connectivity index (χ0v) is 14.4. The van der Waals surface area contributed by atoms with Gasteiger partial charge in [-0.05, 0) is 44.9 Å². The summed E-state index contributed by atoms with van der Waals surface area (Å²) >= 11 is 0. The molecule has 6 heteroatoms. The topological polar surface area (TPSA) is 63.1 Å². The van der Waals surface area contributed by atoms with Crippen molar-refractivity contribution >= 4 is 5.91 Å². The van der Waals surface area contributed by atoms with Crippen LogP contribution in [0.4, 0.5) is 0 Å². The lowest BCUT2D eigenvalue weighted by molar-refractivity contribution is 0.0900. The predicted octanol–water partition coefficient (Wildman–Crippen LogP) is 2.25. The van der Waals surface area contributed by atoms with Crippen LogP contribution < -0.4 is 5.32 Å². The van der Waals surface area contributed by atoms with Gasteiger partial charge in [-0.25, -0.2) is 0 Å². The Morgan fingerprint density at radius 1 is 1.42 bits per heavy atom. The molecule has 128 valence electrons. The first-order chi connectivity index (χ1) is 11.6. The molecule has 2 aromatic heterocycles. The maximum Gasteiger partial charge on any atom is 0.254 e. The van der Waals surface area contributed by atoms with Crippen molar-refractivity contribution in [3.05, 3.63) is 48.0 Å². The van der Waals surface area contributed by atoms with E-state index in [1.54, 1.807) is 12.4 Å². The number of likely N-dealkylation sites (tertiary alicyclic amines) is 1. The van der Waals surface area contributed by atoms with E-state index in [-0.39, 0.29) is 18.0 Å². The van der Waals surface area contributed by atoms with E-state index < -0.39 is 0 Å². The first-order valence-corrected chi connectivity index (χ1v) is 8.58. The molecule has 6 nitrogen and oxygen atoms in total. The van der Waals surface area contributed by atoms with Crippen LogP contribution in [0.5, 0.6) is 0 Å². The molecule has 1 amide bonds. The molecule has 3 rings (SSSR count). The standard InChI is InChI=1S/C18H25N5O/c1-14(2)23-12-16(10-20-23)18(24)21-17-6-4-8-22(13-17)11-15-5-3-7-19-9-15/h3,5,7,9-10,12,14,17H,4,6,8,11,13H2,1-2H3,(H,21,24). The number of pyridine rings is 1. The zero-order valence-electron chi connectivity index (χ0n) is 14.4. The summed E-state index contributed by atoms with van der Waals surface area (Å²) in [5.74, 6) is -0.0323. The number of amides is 1. The molecule has 0 aromatic carbocycles. The highest BCUT2D eigenvalue weighted by atomic mass is 16.1. The van der Waals surface area contributed by atoms with Gasteiger partial charge in [0.05, 0.1) is 11.8 Å². The van der Waals surface area contributed by atoms with Gasteiger partial charge in [0.1, 0.15) is 0 Å². The van der Waals surface area contributed by atoms with Crippen molar-refractivity contribution in [2.24, 2.45) is 0 Å². The van der Waals surface area contributed by atoms with Gasteiger partial charge in [0.2, 0.25) is 0 Å². The van der Waals surface area contributed by atoms with Crippen LogP contribution in [0.25, 0.3) is 0 Å². The van der Waals surface area contributed by atoms with E-state index in [4.69, 9.17) is 0 Å². The summed E-state index contributed by atoms with van der Waals surface area (Å²) in [6, 6.07) is 4.50. The summed E-state index contributed by atoms with van der Waals surface area (Å²) in [5.41, 5.74) is 1.84. The highest BCUT2D eigenvalue weighted by Gasteiger charge is 2.22. The van der Waals surface area contributed by atoms with Crippen molar-refractivity contribution < 1.29 is 4.79 Å². The van der Waals surface area contributed by atoms with Gasteiger partial charge in [0.15, 0.2) is 0 Å². The molecular formula is C18H25N5O. The quantitative estimate of drug-likeness (QED) is 0.915. The normalized spacial score (nSPS) is 18.7. The van der Waals surface area contributed by atoms with Gasteiger partial charge in [-0.3, -0.25) is 19.4 Å². The van der Waals surface area contributed by atoms with Crippen LogP contribution in [0.2, 0.25) is 0 Å². The summed E-state index contributed by atoms with van der Waals surface area (Å²) in [6.45, 7) is 6.91. The molecule has 1 N–H and O–H groups in total. The van der Waals surface area contributed by atoms with E-state index in [0.29, 0.717) is 5.56 Å². The Morgan fingerprint density at radius 3 is 3.00 bits per heavy atom. The first-order valence-electron chi connectivity index (χ1n) is 8.58. The Kier molecular flexibility index (Phi) is 5.25. The third-order valence-corrected chi connectivity index (χ3v) is 4.36. The van der Waals surface area contributed by atoms with Gasteiger partial charge in [0, 0.05) is 43.8 Å². The van der Waals surface area contributed by atoms with Gasteiger partial charge in [-0.2, -0.15) is 5.10 Å². The fourth-order valence-corrected chi connectivity index (χ4v) is 3.07. The maximum absolute atomic E-state index is 12.4. The predicted molar refractivity (Wildman–Crippen MR) is 92.6 cm³/mol. The number of nitrogens with zero attached hydrogens (tertiary/aromatic N) is 4.